The zero-order valence-corrected chi connectivity index (χ0v) is 12.9. The lowest BCUT2D eigenvalue weighted by atomic mass is 9.97. The number of hydrogen-bond acceptors (Lipinski definition) is 4. The van der Waals surface area contributed by atoms with Crippen LogP contribution in [0.1, 0.15) is 38.4 Å². The molecule has 1 aliphatic heterocycles. The lowest BCUT2D eigenvalue weighted by molar-refractivity contribution is -0.124. The van der Waals surface area contributed by atoms with E-state index in [0.29, 0.717) is 11.7 Å². The Labute approximate surface area is 124 Å². The van der Waals surface area contributed by atoms with E-state index in [9.17, 15) is 4.79 Å². The van der Waals surface area contributed by atoms with Crippen LogP contribution in [0, 0.1) is 5.92 Å². The molecule has 6 heteroatoms. The van der Waals surface area contributed by atoms with Crippen LogP contribution in [0.25, 0.3) is 0 Å². The van der Waals surface area contributed by atoms with Gasteiger partial charge >= 0.3 is 0 Å². The highest BCUT2D eigenvalue weighted by molar-refractivity contribution is 6.29. The standard InChI is InChI=1S/C14H21ClN4O/c1-9(2)13-17-11(15)7-12(18-13)19-6-4-5-10(8-19)14(20)16-3/h7,9-10H,4-6,8H2,1-3H3,(H,16,20). The highest BCUT2D eigenvalue weighted by Crippen LogP contribution is 2.25. The van der Waals surface area contributed by atoms with Crippen LogP contribution in [0.15, 0.2) is 6.07 Å². The van der Waals surface area contributed by atoms with Crippen LogP contribution in [-0.4, -0.2) is 36.0 Å². The van der Waals surface area contributed by atoms with Crippen LogP contribution in [0.3, 0.4) is 0 Å². The van der Waals surface area contributed by atoms with Gasteiger partial charge in [-0.1, -0.05) is 25.4 Å². The molecule has 1 saturated heterocycles. The smallest absolute Gasteiger partial charge is 0.224 e. The molecule has 1 N–H and O–H groups in total. The van der Waals surface area contributed by atoms with Crippen molar-refractivity contribution in [2.45, 2.75) is 32.6 Å². The first kappa shape index (κ1) is 15.0. The van der Waals surface area contributed by atoms with Crippen LogP contribution in [-0.2, 0) is 4.79 Å². The third-order valence-electron chi connectivity index (χ3n) is 3.58. The number of rotatable bonds is 3. The van der Waals surface area contributed by atoms with Gasteiger partial charge in [-0.05, 0) is 12.8 Å². The van der Waals surface area contributed by atoms with Crippen molar-refractivity contribution >= 4 is 23.3 Å². The number of halogens is 1. The van der Waals surface area contributed by atoms with Crippen LogP contribution >= 0.6 is 11.6 Å². The Morgan fingerprint density at radius 3 is 2.90 bits per heavy atom. The molecular formula is C14H21ClN4O. The monoisotopic (exact) mass is 296 g/mol. The summed E-state index contributed by atoms with van der Waals surface area (Å²) in [6.45, 7) is 5.67. The van der Waals surface area contributed by atoms with Crippen LogP contribution < -0.4 is 10.2 Å². The number of aromatic nitrogens is 2. The van der Waals surface area contributed by atoms with Gasteiger partial charge in [-0.3, -0.25) is 4.79 Å². The molecular weight excluding hydrogens is 276 g/mol. The van der Waals surface area contributed by atoms with Crippen molar-refractivity contribution in [3.05, 3.63) is 17.0 Å². The third-order valence-corrected chi connectivity index (χ3v) is 3.77. The molecule has 2 rings (SSSR count). The van der Waals surface area contributed by atoms with Gasteiger partial charge in [0.25, 0.3) is 0 Å². The van der Waals surface area contributed by atoms with Crippen molar-refractivity contribution < 1.29 is 4.79 Å². The number of piperidine rings is 1. The number of carbonyl (C=O) groups is 1. The van der Waals surface area contributed by atoms with E-state index in [1.165, 1.54) is 0 Å². The second kappa shape index (κ2) is 6.39. The predicted octanol–water partition coefficient (Wildman–Crippen LogP) is 2.22. The third kappa shape index (κ3) is 3.39. The van der Waals surface area contributed by atoms with Gasteiger partial charge in [0.1, 0.15) is 16.8 Å². The number of hydrogen-bond donors (Lipinski definition) is 1. The number of nitrogens with zero attached hydrogens (tertiary/aromatic N) is 3. The highest BCUT2D eigenvalue weighted by atomic mass is 35.5. The fourth-order valence-electron chi connectivity index (χ4n) is 2.45. The molecule has 1 aliphatic rings. The SMILES string of the molecule is CNC(=O)C1CCCN(c2cc(Cl)nc(C(C)C)n2)C1. The van der Waals surface area contributed by atoms with E-state index in [0.717, 1.165) is 31.0 Å². The largest absolute Gasteiger partial charge is 0.359 e. The van der Waals surface area contributed by atoms with Crippen molar-refractivity contribution in [2.24, 2.45) is 5.92 Å². The van der Waals surface area contributed by atoms with E-state index in [-0.39, 0.29) is 17.7 Å². The number of anilines is 1. The minimum Gasteiger partial charge on any atom is -0.359 e. The fraction of sp³-hybridized carbons (Fsp3) is 0.643. The lowest BCUT2D eigenvalue weighted by Gasteiger charge is -2.32. The molecule has 2 heterocycles. The van der Waals surface area contributed by atoms with Gasteiger partial charge in [0.15, 0.2) is 0 Å². The van der Waals surface area contributed by atoms with E-state index in [1.807, 2.05) is 13.8 Å². The fourth-order valence-corrected chi connectivity index (χ4v) is 2.63. The second-order valence-corrected chi connectivity index (χ2v) is 5.85. The van der Waals surface area contributed by atoms with Crippen LogP contribution in [0.5, 0.6) is 0 Å². The Hall–Kier alpha value is -1.36. The maximum Gasteiger partial charge on any atom is 0.224 e. The van der Waals surface area contributed by atoms with E-state index in [2.05, 4.69) is 20.2 Å². The van der Waals surface area contributed by atoms with Gasteiger partial charge in [-0.15, -0.1) is 0 Å². The Balaban J connectivity index is 2.20. The second-order valence-electron chi connectivity index (χ2n) is 5.46. The van der Waals surface area contributed by atoms with Gasteiger partial charge in [0, 0.05) is 32.1 Å². The first-order valence-corrected chi connectivity index (χ1v) is 7.40. The summed E-state index contributed by atoms with van der Waals surface area (Å²) in [7, 11) is 1.68. The van der Waals surface area contributed by atoms with Crippen LogP contribution in [0.2, 0.25) is 5.15 Å². The summed E-state index contributed by atoms with van der Waals surface area (Å²) in [6, 6.07) is 1.78. The Bertz CT molecular complexity index is 492. The van der Waals surface area contributed by atoms with Gasteiger partial charge in [0.2, 0.25) is 5.91 Å². The first-order valence-electron chi connectivity index (χ1n) is 7.02. The van der Waals surface area contributed by atoms with Gasteiger partial charge in [-0.2, -0.15) is 0 Å². The lowest BCUT2D eigenvalue weighted by Crippen LogP contribution is -2.42. The normalized spacial score (nSPS) is 19.2. The molecule has 1 aromatic rings. The summed E-state index contributed by atoms with van der Waals surface area (Å²) in [4.78, 5) is 22.7. The zero-order chi connectivity index (χ0) is 14.7. The Kier molecular flexibility index (Phi) is 4.81. The summed E-state index contributed by atoms with van der Waals surface area (Å²) in [6.07, 6.45) is 1.91. The number of carbonyl (C=O) groups excluding carboxylic acids is 1. The summed E-state index contributed by atoms with van der Waals surface area (Å²) >= 11 is 6.08. The van der Waals surface area contributed by atoms with Crippen molar-refractivity contribution in [2.75, 3.05) is 25.0 Å². The van der Waals surface area contributed by atoms with Crippen molar-refractivity contribution in [1.29, 1.82) is 0 Å². The minimum atomic E-state index is 0.0185. The van der Waals surface area contributed by atoms with Gasteiger partial charge < -0.3 is 10.2 Å². The average molecular weight is 297 g/mol. The molecule has 110 valence electrons. The molecule has 1 amide bonds. The molecule has 0 radical (unpaired) electrons. The van der Waals surface area contributed by atoms with Crippen molar-refractivity contribution in [3.8, 4) is 0 Å². The molecule has 0 saturated carbocycles. The molecule has 0 bridgehead atoms. The van der Waals surface area contributed by atoms with Crippen LogP contribution in [0.4, 0.5) is 5.82 Å². The number of amides is 1. The molecule has 1 aromatic heterocycles. The van der Waals surface area contributed by atoms with E-state index in [4.69, 9.17) is 11.6 Å². The molecule has 1 fully saturated rings. The van der Waals surface area contributed by atoms with Gasteiger partial charge in [-0.25, -0.2) is 9.97 Å². The van der Waals surface area contributed by atoms with E-state index >= 15 is 0 Å². The Morgan fingerprint density at radius 2 is 2.25 bits per heavy atom. The first-order chi connectivity index (χ1) is 9.51. The summed E-state index contributed by atoms with van der Waals surface area (Å²) in [5, 5.41) is 3.18. The Morgan fingerprint density at radius 1 is 1.50 bits per heavy atom. The quantitative estimate of drug-likeness (QED) is 0.869. The maximum absolute atomic E-state index is 11.8. The highest BCUT2D eigenvalue weighted by Gasteiger charge is 2.26. The van der Waals surface area contributed by atoms with E-state index in [1.54, 1.807) is 13.1 Å². The van der Waals surface area contributed by atoms with Crippen molar-refractivity contribution in [3.63, 3.8) is 0 Å². The summed E-state index contributed by atoms with van der Waals surface area (Å²) in [5.74, 6) is 1.91. The average Bonchev–Trinajstić information content (AvgIpc) is 2.45. The maximum atomic E-state index is 11.8. The summed E-state index contributed by atoms with van der Waals surface area (Å²) < 4.78 is 0. The minimum absolute atomic E-state index is 0.0185. The molecule has 5 nitrogen and oxygen atoms in total. The van der Waals surface area contributed by atoms with Gasteiger partial charge in [0.05, 0.1) is 5.92 Å². The van der Waals surface area contributed by atoms with E-state index < -0.39 is 0 Å². The number of nitrogens with one attached hydrogen (secondary N) is 1. The van der Waals surface area contributed by atoms with Crippen molar-refractivity contribution in [1.82, 2.24) is 15.3 Å². The molecule has 1 atom stereocenters. The molecule has 0 spiro atoms. The zero-order valence-electron chi connectivity index (χ0n) is 12.2. The topological polar surface area (TPSA) is 58.1 Å². The summed E-state index contributed by atoms with van der Waals surface area (Å²) in [5.41, 5.74) is 0. The molecule has 1 unspecified atom stereocenters. The molecule has 0 aliphatic carbocycles. The molecule has 0 aromatic carbocycles. The molecule has 20 heavy (non-hydrogen) atoms. The predicted molar refractivity (Wildman–Crippen MR) is 80.1 cm³/mol.